The molecule has 0 saturated carbocycles. The number of rotatable bonds is 9. The van der Waals surface area contributed by atoms with Gasteiger partial charge in [0.2, 0.25) is 0 Å². The number of aryl methyl sites for hydroxylation is 1. The Kier molecular flexibility index (Phi) is 11.2. The van der Waals surface area contributed by atoms with Crippen LogP contribution in [0.15, 0.2) is 48.5 Å². The normalized spacial score (nSPS) is 11.2. The lowest BCUT2D eigenvalue weighted by Gasteiger charge is -2.16. The fourth-order valence-corrected chi connectivity index (χ4v) is 3.39. The topological polar surface area (TPSA) is 74.2 Å². The first-order valence-electron chi connectivity index (χ1n) is 10.2. The number of halogens is 5. The Morgan fingerprint density at radius 2 is 1.70 bits per heavy atom. The third-order valence-corrected chi connectivity index (χ3v) is 5.24. The Morgan fingerprint density at radius 3 is 2.33 bits per heavy atom. The molecule has 0 saturated heterocycles. The number of benzene rings is 2. The van der Waals surface area contributed by atoms with Gasteiger partial charge in [0.25, 0.3) is 5.91 Å². The van der Waals surface area contributed by atoms with E-state index in [0.29, 0.717) is 30.5 Å². The van der Waals surface area contributed by atoms with E-state index in [1.165, 1.54) is 17.7 Å². The van der Waals surface area contributed by atoms with Crippen LogP contribution in [0.4, 0.5) is 13.2 Å². The average Bonchev–Trinajstić information content (AvgIpc) is 3.17. The lowest BCUT2D eigenvalue weighted by molar-refractivity contribution is -0.137. The maximum Gasteiger partial charge on any atom is 0.416 e. The number of alkyl halides is 3. The van der Waals surface area contributed by atoms with Gasteiger partial charge in [0.15, 0.2) is 0 Å². The van der Waals surface area contributed by atoms with Gasteiger partial charge in [-0.1, -0.05) is 24.3 Å². The van der Waals surface area contributed by atoms with E-state index >= 15 is 0 Å². The zero-order valence-electron chi connectivity index (χ0n) is 18.2. The molecular formula is C23H29Cl2F3N4O. The molecule has 0 atom stereocenters. The standard InChI is InChI=1S/C23H27F3N4O.2ClH/c1-30(11-2-3-16-4-6-17(15-27)7-5-16)12-10-28-22(31)21-14-18-13-19(23(24,25)26)8-9-20(18)29-21;;/h4-9,13-14,29H,2-3,10-12,15,27H2,1H3,(H,28,31);2*1H. The zero-order valence-corrected chi connectivity index (χ0v) is 19.9. The SMILES string of the molecule is CN(CCCc1ccc(CN)cc1)CCNC(=O)c1cc2cc(C(F)(F)F)ccc2[nH]1.Cl.Cl. The molecule has 3 aromatic rings. The number of carbonyl (C=O) groups excluding carboxylic acids is 1. The predicted molar refractivity (Wildman–Crippen MR) is 130 cm³/mol. The number of aromatic nitrogens is 1. The molecule has 0 fully saturated rings. The second-order valence-corrected chi connectivity index (χ2v) is 7.67. The number of nitrogens with zero attached hydrogens (tertiary/aromatic N) is 1. The van der Waals surface area contributed by atoms with Crippen LogP contribution in [-0.4, -0.2) is 42.5 Å². The molecule has 0 aliphatic heterocycles. The number of aromatic amines is 1. The van der Waals surface area contributed by atoms with E-state index in [0.717, 1.165) is 37.1 Å². The molecule has 0 radical (unpaired) electrons. The average molecular weight is 505 g/mol. The number of fused-ring (bicyclic) bond motifs is 1. The highest BCUT2D eigenvalue weighted by Crippen LogP contribution is 2.31. The first-order valence-corrected chi connectivity index (χ1v) is 10.2. The third-order valence-electron chi connectivity index (χ3n) is 5.24. The maximum absolute atomic E-state index is 12.8. The number of amides is 1. The van der Waals surface area contributed by atoms with Crippen molar-refractivity contribution < 1.29 is 18.0 Å². The van der Waals surface area contributed by atoms with Crippen LogP contribution in [0, 0.1) is 0 Å². The van der Waals surface area contributed by atoms with Gasteiger partial charge in [0.1, 0.15) is 5.69 Å². The monoisotopic (exact) mass is 504 g/mol. The second-order valence-electron chi connectivity index (χ2n) is 7.67. The highest BCUT2D eigenvalue weighted by molar-refractivity contribution is 5.98. The van der Waals surface area contributed by atoms with E-state index in [-0.39, 0.29) is 36.4 Å². The number of likely N-dealkylation sites (N-methyl/N-ethyl adjacent to an activating group) is 1. The van der Waals surface area contributed by atoms with Crippen molar-refractivity contribution in [2.24, 2.45) is 5.73 Å². The quantitative estimate of drug-likeness (QED) is 0.392. The van der Waals surface area contributed by atoms with E-state index in [1.54, 1.807) is 0 Å². The van der Waals surface area contributed by atoms with Gasteiger partial charge in [-0.15, -0.1) is 24.8 Å². The molecule has 2 aromatic carbocycles. The smallest absolute Gasteiger partial charge is 0.351 e. The summed E-state index contributed by atoms with van der Waals surface area (Å²) >= 11 is 0. The lowest BCUT2D eigenvalue weighted by atomic mass is 10.1. The van der Waals surface area contributed by atoms with Crippen LogP contribution in [0.2, 0.25) is 0 Å². The molecule has 0 aliphatic carbocycles. The molecule has 0 aliphatic rings. The molecule has 33 heavy (non-hydrogen) atoms. The van der Waals surface area contributed by atoms with Crippen molar-refractivity contribution in [3.05, 3.63) is 70.9 Å². The first kappa shape index (κ1) is 28.8. The molecule has 1 aromatic heterocycles. The first-order chi connectivity index (χ1) is 14.8. The summed E-state index contributed by atoms with van der Waals surface area (Å²) in [5.41, 5.74) is 8.00. The van der Waals surface area contributed by atoms with Crippen LogP contribution >= 0.6 is 24.8 Å². The molecule has 0 unspecified atom stereocenters. The summed E-state index contributed by atoms with van der Waals surface area (Å²) in [6, 6.07) is 13.1. The maximum atomic E-state index is 12.8. The summed E-state index contributed by atoms with van der Waals surface area (Å²) in [6.45, 7) is 2.56. The van der Waals surface area contributed by atoms with E-state index in [4.69, 9.17) is 5.73 Å². The van der Waals surface area contributed by atoms with Gasteiger partial charge in [-0.25, -0.2) is 0 Å². The van der Waals surface area contributed by atoms with E-state index in [9.17, 15) is 18.0 Å². The van der Waals surface area contributed by atoms with E-state index in [1.807, 2.05) is 19.2 Å². The van der Waals surface area contributed by atoms with Gasteiger partial charge < -0.3 is 20.9 Å². The van der Waals surface area contributed by atoms with Crippen LogP contribution in [0.5, 0.6) is 0 Å². The van der Waals surface area contributed by atoms with Crippen molar-refractivity contribution >= 4 is 41.6 Å². The molecule has 3 rings (SSSR count). The lowest BCUT2D eigenvalue weighted by Crippen LogP contribution is -2.33. The van der Waals surface area contributed by atoms with Crippen molar-refractivity contribution in [2.75, 3.05) is 26.7 Å². The Hall–Kier alpha value is -2.26. The Bertz CT molecular complexity index is 1020. The molecule has 0 spiro atoms. The van der Waals surface area contributed by atoms with Gasteiger partial charge in [0.05, 0.1) is 5.56 Å². The fraction of sp³-hybridized carbons (Fsp3) is 0.348. The number of hydrogen-bond acceptors (Lipinski definition) is 3. The van der Waals surface area contributed by atoms with Crippen molar-refractivity contribution in [1.82, 2.24) is 15.2 Å². The minimum atomic E-state index is -4.41. The summed E-state index contributed by atoms with van der Waals surface area (Å²) in [5.74, 6) is -0.335. The van der Waals surface area contributed by atoms with E-state index < -0.39 is 11.7 Å². The van der Waals surface area contributed by atoms with E-state index in [2.05, 4.69) is 27.3 Å². The van der Waals surface area contributed by atoms with Crippen LogP contribution < -0.4 is 11.1 Å². The summed E-state index contributed by atoms with van der Waals surface area (Å²) in [5, 5.41) is 3.17. The van der Waals surface area contributed by atoms with Gasteiger partial charge in [-0.05, 0) is 61.8 Å². The molecule has 182 valence electrons. The van der Waals surface area contributed by atoms with Crippen LogP contribution in [0.25, 0.3) is 10.9 Å². The molecular weight excluding hydrogens is 476 g/mol. The minimum absolute atomic E-state index is 0. The van der Waals surface area contributed by atoms with Gasteiger partial charge in [-0.2, -0.15) is 13.2 Å². The summed E-state index contributed by atoms with van der Waals surface area (Å²) in [4.78, 5) is 17.3. The van der Waals surface area contributed by atoms with Crippen molar-refractivity contribution in [1.29, 1.82) is 0 Å². The Morgan fingerprint density at radius 1 is 1.03 bits per heavy atom. The van der Waals surface area contributed by atoms with Gasteiger partial charge in [-0.3, -0.25) is 4.79 Å². The molecule has 10 heteroatoms. The van der Waals surface area contributed by atoms with Crippen LogP contribution in [-0.2, 0) is 19.1 Å². The number of nitrogens with one attached hydrogen (secondary N) is 2. The Labute approximate surface area is 203 Å². The number of hydrogen-bond donors (Lipinski definition) is 3. The summed E-state index contributed by atoms with van der Waals surface area (Å²) < 4.78 is 38.5. The predicted octanol–water partition coefficient (Wildman–Crippen LogP) is 4.78. The molecule has 0 bridgehead atoms. The van der Waals surface area contributed by atoms with Crippen molar-refractivity contribution in [3.63, 3.8) is 0 Å². The Balaban J connectivity index is 0.00000272. The number of nitrogens with two attached hydrogens (primary N) is 1. The largest absolute Gasteiger partial charge is 0.416 e. The number of carbonyl (C=O) groups is 1. The number of H-pyrrole nitrogens is 1. The highest BCUT2D eigenvalue weighted by atomic mass is 35.5. The molecule has 1 amide bonds. The minimum Gasteiger partial charge on any atom is -0.351 e. The van der Waals surface area contributed by atoms with Crippen LogP contribution in [0.1, 0.15) is 33.6 Å². The zero-order chi connectivity index (χ0) is 22.4. The second kappa shape index (κ2) is 12.8. The highest BCUT2D eigenvalue weighted by Gasteiger charge is 2.30. The van der Waals surface area contributed by atoms with Crippen molar-refractivity contribution in [3.8, 4) is 0 Å². The fourth-order valence-electron chi connectivity index (χ4n) is 3.39. The van der Waals surface area contributed by atoms with Gasteiger partial charge >= 0.3 is 6.18 Å². The van der Waals surface area contributed by atoms with Crippen LogP contribution in [0.3, 0.4) is 0 Å². The summed E-state index contributed by atoms with van der Waals surface area (Å²) in [6.07, 6.45) is -2.45. The van der Waals surface area contributed by atoms with Crippen molar-refractivity contribution in [2.45, 2.75) is 25.6 Å². The third kappa shape index (κ3) is 8.23. The summed E-state index contributed by atoms with van der Waals surface area (Å²) in [7, 11) is 1.99. The molecule has 1 heterocycles. The molecule has 5 nitrogen and oxygen atoms in total. The van der Waals surface area contributed by atoms with Gasteiger partial charge in [0, 0.05) is 30.5 Å². The molecule has 4 N–H and O–H groups in total.